The van der Waals surface area contributed by atoms with Crippen molar-refractivity contribution in [1.82, 2.24) is 4.98 Å². The minimum Gasteiger partial charge on any atom is -0.465 e. The van der Waals surface area contributed by atoms with Gasteiger partial charge in [-0.15, -0.1) is 11.3 Å². The van der Waals surface area contributed by atoms with Crippen LogP contribution in [0, 0.1) is 0 Å². The van der Waals surface area contributed by atoms with Crippen LogP contribution in [-0.4, -0.2) is 24.0 Å². The van der Waals surface area contributed by atoms with E-state index >= 15 is 0 Å². The molecule has 0 amide bonds. The number of ether oxygens (including phenoxy) is 2. The van der Waals surface area contributed by atoms with Crippen molar-refractivity contribution < 1.29 is 19.1 Å². The van der Waals surface area contributed by atoms with Gasteiger partial charge in [0.15, 0.2) is 5.69 Å². The zero-order valence-corrected chi connectivity index (χ0v) is 13.6. The van der Waals surface area contributed by atoms with E-state index in [1.165, 1.54) is 42.7 Å². The molecule has 2 heterocycles. The smallest absolute Gasteiger partial charge is 0.363 e. The average molecular weight is 345 g/mol. The predicted molar refractivity (Wildman–Crippen MR) is 88.2 cm³/mol. The molecule has 116 valence electrons. The monoisotopic (exact) mass is 345 g/mol. The molecule has 3 rings (SSSR count). The third kappa shape index (κ3) is 3.46. The maximum absolute atomic E-state index is 12.1. The quantitative estimate of drug-likeness (QED) is 0.530. The zero-order chi connectivity index (χ0) is 16.2. The van der Waals surface area contributed by atoms with Gasteiger partial charge >= 0.3 is 11.9 Å². The number of rotatable bonds is 4. The van der Waals surface area contributed by atoms with Crippen LogP contribution < -0.4 is 4.74 Å². The van der Waals surface area contributed by atoms with Gasteiger partial charge in [0.25, 0.3) is 0 Å². The van der Waals surface area contributed by atoms with Crippen LogP contribution in [-0.2, 0) is 4.74 Å². The van der Waals surface area contributed by atoms with Gasteiger partial charge in [0.2, 0.25) is 0 Å². The van der Waals surface area contributed by atoms with Gasteiger partial charge in [-0.05, 0) is 35.7 Å². The average Bonchev–Trinajstić information content (AvgIpc) is 3.25. The summed E-state index contributed by atoms with van der Waals surface area (Å²) in [6, 6.07) is 8.09. The van der Waals surface area contributed by atoms with E-state index in [4.69, 9.17) is 4.74 Å². The summed E-state index contributed by atoms with van der Waals surface area (Å²) in [5.41, 5.74) is 1.63. The molecule has 0 saturated heterocycles. The van der Waals surface area contributed by atoms with Crippen LogP contribution in [0.2, 0.25) is 0 Å². The number of esters is 2. The molecule has 1 aromatic carbocycles. The summed E-state index contributed by atoms with van der Waals surface area (Å²) < 4.78 is 9.87. The molecule has 0 unspecified atom stereocenters. The summed E-state index contributed by atoms with van der Waals surface area (Å²) >= 11 is 2.96. The van der Waals surface area contributed by atoms with E-state index in [0.717, 1.165) is 10.6 Å². The van der Waals surface area contributed by atoms with Crippen LogP contribution in [0.25, 0.3) is 10.6 Å². The standard InChI is InChI=1S/C16H11NO4S2/c1-20-15(18)10-2-4-12(5-3-10)21-16(19)13-9-23-14(17-13)11-6-7-22-8-11/h2-9H,1H3. The van der Waals surface area contributed by atoms with Gasteiger partial charge in [-0.25, -0.2) is 14.6 Å². The molecule has 0 fully saturated rings. The van der Waals surface area contributed by atoms with E-state index in [1.54, 1.807) is 16.7 Å². The molecule has 0 atom stereocenters. The van der Waals surface area contributed by atoms with Gasteiger partial charge < -0.3 is 9.47 Å². The Kier molecular flexibility index (Phi) is 4.50. The highest BCUT2D eigenvalue weighted by Crippen LogP contribution is 2.26. The van der Waals surface area contributed by atoms with Crippen LogP contribution in [0.15, 0.2) is 46.5 Å². The van der Waals surface area contributed by atoms with E-state index in [-0.39, 0.29) is 5.69 Å². The van der Waals surface area contributed by atoms with Crippen molar-refractivity contribution in [3.05, 3.63) is 57.7 Å². The molecule has 0 radical (unpaired) electrons. The summed E-state index contributed by atoms with van der Waals surface area (Å²) in [5.74, 6) is -0.635. The Morgan fingerprint density at radius 1 is 1.04 bits per heavy atom. The molecule has 0 aliphatic heterocycles. The first kappa shape index (κ1) is 15.4. The highest BCUT2D eigenvalue weighted by molar-refractivity contribution is 7.14. The lowest BCUT2D eigenvalue weighted by molar-refractivity contribution is 0.0600. The third-order valence-corrected chi connectivity index (χ3v) is 4.54. The molecular formula is C16H11NO4S2. The van der Waals surface area contributed by atoms with Crippen molar-refractivity contribution in [2.45, 2.75) is 0 Å². The van der Waals surface area contributed by atoms with Gasteiger partial charge in [0.1, 0.15) is 10.8 Å². The van der Waals surface area contributed by atoms with E-state index in [9.17, 15) is 9.59 Å². The maximum Gasteiger partial charge on any atom is 0.363 e. The SMILES string of the molecule is COC(=O)c1ccc(OC(=O)c2csc(-c3ccsc3)n2)cc1. The normalized spacial score (nSPS) is 10.3. The second-order valence-corrected chi connectivity index (χ2v) is 6.09. The summed E-state index contributed by atoms with van der Waals surface area (Å²) in [5, 5.41) is 6.37. The Morgan fingerprint density at radius 3 is 2.48 bits per heavy atom. The van der Waals surface area contributed by atoms with Crippen LogP contribution in [0.1, 0.15) is 20.8 Å². The fraction of sp³-hybridized carbons (Fsp3) is 0.0625. The van der Waals surface area contributed by atoms with Crippen LogP contribution in [0.5, 0.6) is 5.75 Å². The third-order valence-electron chi connectivity index (χ3n) is 2.97. The maximum atomic E-state index is 12.1. The topological polar surface area (TPSA) is 65.5 Å². The molecule has 2 aromatic heterocycles. The second kappa shape index (κ2) is 6.72. The van der Waals surface area contributed by atoms with Crippen molar-refractivity contribution >= 4 is 34.6 Å². The first-order chi connectivity index (χ1) is 11.2. The minimum atomic E-state index is -0.534. The lowest BCUT2D eigenvalue weighted by Gasteiger charge is -2.03. The molecule has 0 N–H and O–H groups in total. The molecule has 0 spiro atoms. The number of nitrogens with zero attached hydrogens (tertiary/aromatic N) is 1. The number of carbonyl (C=O) groups is 2. The number of benzene rings is 1. The molecular weight excluding hydrogens is 334 g/mol. The minimum absolute atomic E-state index is 0.258. The van der Waals surface area contributed by atoms with E-state index in [0.29, 0.717) is 11.3 Å². The van der Waals surface area contributed by atoms with Crippen LogP contribution in [0.3, 0.4) is 0 Å². The lowest BCUT2D eigenvalue weighted by atomic mass is 10.2. The molecule has 5 nitrogen and oxygen atoms in total. The summed E-state index contributed by atoms with van der Waals surface area (Å²) in [4.78, 5) is 27.7. The fourth-order valence-corrected chi connectivity index (χ4v) is 3.32. The van der Waals surface area contributed by atoms with Gasteiger partial charge in [0, 0.05) is 16.3 Å². The highest BCUT2D eigenvalue weighted by atomic mass is 32.1. The largest absolute Gasteiger partial charge is 0.465 e. The Bertz CT molecular complexity index is 822. The molecule has 0 aliphatic rings. The Labute approximate surface area is 140 Å². The van der Waals surface area contributed by atoms with Gasteiger partial charge in [0.05, 0.1) is 12.7 Å². The van der Waals surface area contributed by atoms with Crippen molar-refractivity contribution in [3.63, 3.8) is 0 Å². The number of thiazole rings is 1. The van der Waals surface area contributed by atoms with E-state index in [1.807, 2.05) is 16.8 Å². The molecule has 0 saturated carbocycles. The Hall–Kier alpha value is -2.51. The molecule has 3 aromatic rings. The number of hydrogen-bond acceptors (Lipinski definition) is 7. The first-order valence-electron chi connectivity index (χ1n) is 6.56. The van der Waals surface area contributed by atoms with Crippen molar-refractivity contribution in [2.24, 2.45) is 0 Å². The van der Waals surface area contributed by atoms with Crippen molar-refractivity contribution in [2.75, 3.05) is 7.11 Å². The van der Waals surface area contributed by atoms with E-state index < -0.39 is 11.9 Å². The predicted octanol–water partition coefficient (Wildman–Crippen LogP) is 3.88. The first-order valence-corrected chi connectivity index (χ1v) is 8.38. The van der Waals surface area contributed by atoms with E-state index in [2.05, 4.69) is 9.72 Å². The van der Waals surface area contributed by atoms with Crippen molar-refractivity contribution in [1.29, 1.82) is 0 Å². The Balaban J connectivity index is 1.71. The zero-order valence-electron chi connectivity index (χ0n) is 12.0. The second-order valence-electron chi connectivity index (χ2n) is 4.46. The molecule has 0 aliphatic carbocycles. The molecule has 0 bridgehead atoms. The summed E-state index contributed by atoms with van der Waals surface area (Å²) in [7, 11) is 1.31. The summed E-state index contributed by atoms with van der Waals surface area (Å²) in [6.07, 6.45) is 0. The van der Waals surface area contributed by atoms with Crippen LogP contribution in [0.4, 0.5) is 0 Å². The highest BCUT2D eigenvalue weighted by Gasteiger charge is 2.15. The summed E-state index contributed by atoms with van der Waals surface area (Å²) in [6.45, 7) is 0. The van der Waals surface area contributed by atoms with Gasteiger partial charge in [-0.1, -0.05) is 0 Å². The van der Waals surface area contributed by atoms with Crippen LogP contribution >= 0.6 is 22.7 Å². The molecule has 23 heavy (non-hydrogen) atoms. The lowest BCUT2D eigenvalue weighted by Crippen LogP contribution is -2.09. The molecule has 7 heteroatoms. The van der Waals surface area contributed by atoms with Gasteiger partial charge in [-0.2, -0.15) is 11.3 Å². The van der Waals surface area contributed by atoms with Crippen molar-refractivity contribution in [3.8, 4) is 16.3 Å². The number of aromatic nitrogens is 1. The number of carbonyl (C=O) groups excluding carboxylic acids is 2. The fourth-order valence-electron chi connectivity index (χ4n) is 1.82. The number of thiophene rings is 1. The number of hydrogen-bond donors (Lipinski definition) is 0. The van der Waals surface area contributed by atoms with Gasteiger partial charge in [-0.3, -0.25) is 0 Å². The number of methoxy groups -OCH3 is 1. The Morgan fingerprint density at radius 2 is 1.83 bits per heavy atom.